The van der Waals surface area contributed by atoms with E-state index in [1.54, 1.807) is 28.8 Å². The fourth-order valence-electron chi connectivity index (χ4n) is 3.68. The van der Waals surface area contributed by atoms with Gasteiger partial charge in [-0.15, -0.1) is 0 Å². The highest BCUT2D eigenvalue weighted by atomic mass is 16.2. The highest BCUT2D eigenvalue weighted by Crippen LogP contribution is 2.17. The second-order valence-corrected chi connectivity index (χ2v) is 8.37. The summed E-state index contributed by atoms with van der Waals surface area (Å²) in [6.07, 6.45) is 1.44. The van der Waals surface area contributed by atoms with Crippen molar-refractivity contribution in [3.8, 4) is 0 Å². The van der Waals surface area contributed by atoms with Crippen LogP contribution in [-0.2, 0) is 11.3 Å². The van der Waals surface area contributed by atoms with Crippen molar-refractivity contribution in [1.82, 2.24) is 9.55 Å². The van der Waals surface area contributed by atoms with Crippen molar-refractivity contribution in [2.75, 3.05) is 5.32 Å². The Labute approximate surface area is 191 Å². The summed E-state index contributed by atoms with van der Waals surface area (Å²) >= 11 is 0. The average molecular weight is 440 g/mol. The van der Waals surface area contributed by atoms with Gasteiger partial charge in [-0.1, -0.05) is 35.9 Å². The molecular weight excluding hydrogens is 414 g/mol. The van der Waals surface area contributed by atoms with E-state index in [0.717, 1.165) is 16.7 Å². The molecule has 166 valence electrons. The molecule has 0 aliphatic rings. The largest absolute Gasteiger partial charge is 0.325 e. The molecule has 2 aromatic heterocycles. The lowest BCUT2D eigenvalue weighted by Crippen LogP contribution is -2.25. The van der Waals surface area contributed by atoms with Gasteiger partial charge in [0.05, 0.1) is 10.9 Å². The number of hydrogen-bond donors (Lipinski definition) is 1. The number of fused-ring (bicyclic) bond motifs is 1. The van der Waals surface area contributed by atoms with Crippen molar-refractivity contribution in [3.05, 3.63) is 105 Å². The minimum Gasteiger partial charge on any atom is -0.325 e. The van der Waals surface area contributed by atoms with Crippen molar-refractivity contribution in [2.24, 2.45) is 0 Å². The first-order valence-corrected chi connectivity index (χ1v) is 10.7. The molecule has 1 amide bonds. The summed E-state index contributed by atoms with van der Waals surface area (Å²) in [5.41, 5.74) is 5.04. The smallest absolute Gasteiger partial charge is 0.244 e. The zero-order chi connectivity index (χ0) is 23.7. The van der Waals surface area contributed by atoms with Crippen LogP contribution in [-0.4, -0.2) is 21.2 Å². The lowest BCUT2D eigenvalue weighted by atomic mass is 10.0. The molecule has 4 rings (SSSR count). The molecule has 0 radical (unpaired) electrons. The molecule has 2 heterocycles. The Morgan fingerprint density at radius 3 is 2.33 bits per heavy atom. The van der Waals surface area contributed by atoms with E-state index in [4.69, 9.17) is 0 Å². The van der Waals surface area contributed by atoms with E-state index in [-0.39, 0.29) is 23.8 Å². The third-order valence-electron chi connectivity index (χ3n) is 5.72. The quantitative estimate of drug-likeness (QED) is 0.464. The molecule has 6 heteroatoms. The van der Waals surface area contributed by atoms with Gasteiger partial charge in [-0.3, -0.25) is 14.4 Å². The van der Waals surface area contributed by atoms with E-state index in [1.807, 2.05) is 58.0 Å². The third kappa shape index (κ3) is 4.60. The average Bonchev–Trinajstić information content (AvgIpc) is 2.78. The fraction of sp³-hybridized carbons (Fsp3) is 0.185. The topological polar surface area (TPSA) is 81.1 Å². The van der Waals surface area contributed by atoms with Gasteiger partial charge >= 0.3 is 0 Å². The van der Waals surface area contributed by atoms with Crippen LogP contribution in [0.5, 0.6) is 0 Å². The Hall–Kier alpha value is -4.06. The number of pyridine rings is 2. The van der Waals surface area contributed by atoms with Crippen molar-refractivity contribution < 1.29 is 9.59 Å². The van der Waals surface area contributed by atoms with Gasteiger partial charge in [0.2, 0.25) is 11.3 Å². The molecule has 0 aliphatic heterocycles. The number of carbonyl (C=O) groups is 2. The fourth-order valence-corrected chi connectivity index (χ4v) is 3.68. The van der Waals surface area contributed by atoms with Gasteiger partial charge in [-0.2, -0.15) is 0 Å². The van der Waals surface area contributed by atoms with E-state index in [0.29, 0.717) is 28.0 Å². The number of aromatic nitrogens is 2. The molecule has 0 unspecified atom stereocenters. The van der Waals surface area contributed by atoms with Crippen LogP contribution in [0.15, 0.2) is 65.6 Å². The first-order valence-electron chi connectivity index (χ1n) is 10.7. The van der Waals surface area contributed by atoms with E-state index >= 15 is 0 Å². The minimum atomic E-state index is -0.395. The number of hydrogen-bond acceptors (Lipinski definition) is 4. The lowest BCUT2D eigenvalue weighted by molar-refractivity contribution is -0.116. The van der Waals surface area contributed by atoms with E-state index in [1.165, 1.54) is 6.20 Å². The molecule has 0 saturated heterocycles. The number of nitrogens with zero attached hydrogens (tertiary/aromatic N) is 2. The van der Waals surface area contributed by atoms with Gasteiger partial charge in [0.15, 0.2) is 5.78 Å². The highest BCUT2D eigenvalue weighted by molar-refractivity contribution is 6.10. The number of amides is 1. The molecule has 0 aliphatic carbocycles. The Balaban J connectivity index is 1.75. The number of nitrogens with one attached hydrogen (secondary N) is 1. The van der Waals surface area contributed by atoms with Crippen molar-refractivity contribution >= 4 is 28.4 Å². The van der Waals surface area contributed by atoms with Crippen LogP contribution in [0.2, 0.25) is 0 Å². The van der Waals surface area contributed by atoms with Crippen LogP contribution in [0.1, 0.15) is 38.3 Å². The molecule has 33 heavy (non-hydrogen) atoms. The summed E-state index contributed by atoms with van der Waals surface area (Å²) < 4.78 is 1.57. The maximum atomic E-state index is 13.2. The zero-order valence-electron chi connectivity index (χ0n) is 19.1. The van der Waals surface area contributed by atoms with E-state index < -0.39 is 5.43 Å². The molecule has 0 fully saturated rings. The second-order valence-electron chi connectivity index (χ2n) is 8.37. The lowest BCUT2D eigenvalue weighted by Gasteiger charge is -2.14. The summed E-state index contributed by atoms with van der Waals surface area (Å²) in [4.78, 5) is 43.6. The predicted octanol–water partition coefficient (Wildman–Crippen LogP) is 4.50. The molecular formula is C27H25N3O3. The molecule has 0 spiro atoms. The number of aryl methyl sites for hydroxylation is 4. The highest BCUT2D eigenvalue weighted by Gasteiger charge is 2.19. The van der Waals surface area contributed by atoms with Crippen molar-refractivity contribution in [3.63, 3.8) is 0 Å². The van der Waals surface area contributed by atoms with Gasteiger partial charge in [0.25, 0.3) is 0 Å². The summed E-state index contributed by atoms with van der Waals surface area (Å²) in [5, 5.41) is 3.19. The molecule has 4 aromatic rings. The van der Waals surface area contributed by atoms with Crippen LogP contribution >= 0.6 is 0 Å². The van der Waals surface area contributed by atoms with Crippen molar-refractivity contribution in [2.45, 2.75) is 34.2 Å². The number of anilines is 1. The van der Waals surface area contributed by atoms with Crippen LogP contribution in [0.3, 0.4) is 0 Å². The monoisotopic (exact) mass is 439 g/mol. The molecule has 1 N–H and O–H groups in total. The Morgan fingerprint density at radius 2 is 1.64 bits per heavy atom. The van der Waals surface area contributed by atoms with Gasteiger partial charge in [0, 0.05) is 23.1 Å². The van der Waals surface area contributed by atoms with Crippen LogP contribution in [0.4, 0.5) is 5.69 Å². The molecule has 0 bridgehead atoms. The van der Waals surface area contributed by atoms with E-state index in [9.17, 15) is 14.4 Å². The maximum Gasteiger partial charge on any atom is 0.244 e. The van der Waals surface area contributed by atoms with Gasteiger partial charge in [-0.05, 0) is 63.1 Å². The Kier molecular flexibility index (Phi) is 5.92. The number of benzene rings is 2. The van der Waals surface area contributed by atoms with Gasteiger partial charge in [-0.25, -0.2) is 4.98 Å². The second kappa shape index (κ2) is 8.82. The normalized spacial score (nSPS) is 10.9. The van der Waals surface area contributed by atoms with Gasteiger partial charge in [0.1, 0.15) is 12.2 Å². The predicted molar refractivity (Wildman–Crippen MR) is 130 cm³/mol. The van der Waals surface area contributed by atoms with Crippen LogP contribution < -0.4 is 10.7 Å². The maximum absolute atomic E-state index is 13.2. The summed E-state index contributed by atoms with van der Waals surface area (Å²) in [6.45, 7) is 7.65. The number of rotatable bonds is 5. The summed E-state index contributed by atoms with van der Waals surface area (Å²) in [7, 11) is 0. The Morgan fingerprint density at radius 1 is 0.909 bits per heavy atom. The minimum absolute atomic E-state index is 0.0102. The third-order valence-corrected chi connectivity index (χ3v) is 5.72. The number of ketones is 1. The number of carbonyl (C=O) groups excluding carboxylic acids is 2. The van der Waals surface area contributed by atoms with Crippen LogP contribution in [0.25, 0.3) is 11.0 Å². The summed E-state index contributed by atoms with van der Waals surface area (Å²) in [5.74, 6) is -0.661. The van der Waals surface area contributed by atoms with Crippen molar-refractivity contribution in [1.29, 1.82) is 0 Å². The molecule has 6 nitrogen and oxygen atoms in total. The Bertz CT molecular complexity index is 1450. The first kappa shape index (κ1) is 22.1. The zero-order valence-corrected chi connectivity index (χ0v) is 19.1. The molecule has 0 atom stereocenters. The molecule has 0 saturated carbocycles. The SMILES string of the molecule is Cc1ccc(C(=O)c2cn(CC(=O)Nc3ccc(C)c(C)c3)c3nc(C)ccc3c2=O)cc1. The van der Waals surface area contributed by atoms with Gasteiger partial charge < -0.3 is 9.88 Å². The van der Waals surface area contributed by atoms with Crippen LogP contribution in [0, 0.1) is 27.7 Å². The molecule has 2 aromatic carbocycles. The standard InChI is InChI=1S/C27H25N3O3/c1-16-5-9-20(10-6-16)25(32)23-14-30(27-22(26(23)33)12-8-19(4)28-27)15-24(31)29-21-11-7-17(2)18(3)13-21/h5-14H,15H2,1-4H3,(H,29,31). The van der Waals surface area contributed by atoms with E-state index in [2.05, 4.69) is 10.3 Å². The first-order chi connectivity index (χ1) is 15.7. The summed E-state index contributed by atoms with van der Waals surface area (Å²) in [6, 6.07) is 16.1.